The van der Waals surface area contributed by atoms with Crippen molar-refractivity contribution in [2.75, 3.05) is 0 Å². The van der Waals surface area contributed by atoms with Crippen LogP contribution in [0.3, 0.4) is 0 Å². The lowest BCUT2D eigenvalue weighted by molar-refractivity contribution is 0.103. The molecular weight excluding hydrogens is 354 g/mol. The lowest BCUT2D eigenvalue weighted by Gasteiger charge is -2.07. The Kier molecular flexibility index (Phi) is 5.62. The van der Waals surface area contributed by atoms with Crippen LogP contribution in [0.5, 0.6) is 0 Å². The van der Waals surface area contributed by atoms with E-state index in [0.29, 0.717) is 11.1 Å². The summed E-state index contributed by atoms with van der Waals surface area (Å²) in [6.07, 6.45) is 4.15. The average molecular weight is 377 g/mol. The van der Waals surface area contributed by atoms with Crippen LogP contribution in [-0.4, -0.2) is 10.8 Å². The predicted octanol–water partition coefficient (Wildman–Crippen LogP) is 6.60. The molecule has 0 atom stereocenters. The van der Waals surface area contributed by atoms with Gasteiger partial charge in [-0.3, -0.25) is 9.78 Å². The first-order valence-electron chi connectivity index (χ1n) is 10.00. The maximum atomic E-state index is 12.5. The van der Waals surface area contributed by atoms with Gasteiger partial charge >= 0.3 is 0 Å². The molecule has 142 valence electrons. The molecule has 4 aromatic rings. The molecule has 0 amide bonds. The first-order chi connectivity index (χ1) is 14.2. The van der Waals surface area contributed by atoms with E-state index in [4.69, 9.17) is 0 Å². The van der Waals surface area contributed by atoms with Crippen LogP contribution in [-0.2, 0) is 6.42 Å². The summed E-state index contributed by atoms with van der Waals surface area (Å²) in [5, 5.41) is 0. The number of ketones is 1. The first kappa shape index (κ1) is 18.8. The highest BCUT2D eigenvalue weighted by Crippen LogP contribution is 2.24. The van der Waals surface area contributed by atoms with E-state index in [1.807, 2.05) is 66.9 Å². The number of aromatic nitrogens is 1. The Labute approximate surface area is 171 Å². The van der Waals surface area contributed by atoms with Crippen molar-refractivity contribution in [3.8, 4) is 22.4 Å². The predicted molar refractivity (Wildman–Crippen MR) is 119 cm³/mol. The zero-order valence-corrected chi connectivity index (χ0v) is 16.5. The Morgan fingerprint density at radius 1 is 0.690 bits per heavy atom. The van der Waals surface area contributed by atoms with Crippen molar-refractivity contribution >= 4 is 5.78 Å². The second-order valence-corrected chi connectivity index (χ2v) is 7.15. The normalized spacial score (nSPS) is 10.7. The molecule has 1 heterocycles. The number of carbonyl (C=O) groups is 1. The van der Waals surface area contributed by atoms with Gasteiger partial charge in [0.2, 0.25) is 0 Å². The molecule has 0 saturated carbocycles. The van der Waals surface area contributed by atoms with Gasteiger partial charge in [-0.05, 0) is 23.6 Å². The molecule has 0 fully saturated rings. The zero-order valence-electron chi connectivity index (χ0n) is 16.5. The summed E-state index contributed by atoms with van der Waals surface area (Å²) in [4.78, 5) is 17.2. The van der Waals surface area contributed by atoms with E-state index in [0.717, 1.165) is 35.2 Å². The lowest BCUT2D eigenvalue weighted by atomic mass is 9.99. The van der Waals surface area contributed by atoms with E-state index in [9.17, 15) is 4.79 Å². The standard InChI is InChI=1S/C27H23NO/c1-2-6-20-9-11-22(12-10-20)26-18-17-25(19-28-26)21-13-15-24(16-14-21)27(29)23-7-4-3-5-8-23/h3-5,7-19H,2,6H2,1H3. The van der Waals surface area contributed by atoms with Crippen molar-refractivity contribution in [3.63, 3.8) is 0 Å². The summed E-state index contributed by atoms with van der Waals surface area (Å²) < 4.78 is 0. The molecule has 3 aromatic carbocycles. The summed E-state index contributed by atoms with van der Waals surface area (Å²) in [5.41, 5.74) is 6.93. The van der Waals surface area contributed by atoms with Crippen molar-refractivity contribution in [1.29, 1.82) is 0 Å². The Morgan fingerprint density at radius 2 is 1.31 bits per heavy atom. The third kappa shape index (κ3) is 4.33. The zero-order chi connectivity index (χ0) is 20.1. The van der Waals surface area contributed by atoms with Crippen molar-refractivity contribution in [2.45, 2.75) is 19.8 Å². The van der Waals surface area contributed by atoms with Gasteiger partial charge in [-0.15, -0.1) is 0 Å². The van der Waals surface area contributed by atoms with Crippen molar-refractivity contribution in [3.05, 3.63) is 114 Å². The largest absolute Gasteiger partial charge is 0.289 e. The molecule has 1 aromatic heterocycles. The number of carbonyl (C=O) groups excluding carboxylic acids is 1. The molecule has 0 spiro atoms. The Morgan fingerprint density at radius 3 is 1.93 bits per heavy atom. The highest BCUT2D eigenvalue weighted by Gasteiger charge is 2.09. The number of nitrogens with zero attached hydrogens (tertiary/aromatic N) is 1. The van der Waals surface area contributed by atoms with E-state index in [1.165, 1.54) is 5.56 Å². The summed E-state index contributed by atoms with van der Waals surface area (Å²) in [7, 11) is 0. The summed E-state index contributed by atoms with van der Waals surface area (Å²) in [5.74, 6) is 0.0390. The summed E-state index contributed by atoms with van der Waals surface area (Å²) in [6.45, 7) is 2.19. The number of pyridine rings is 1. The highest BCUT2D eigenvalue weighted by atomic mass is 16.1. The minimum atomic E-state index is 0.0390. The topological polar surface area (TPSA) is 30.0 Å². The molecule has 0 aliphatic rings. The van der Waals surface area contributed by atoms with Crippen LogP contribution in [0.2, 0.25) is 0 Å². The fourth-order valence-corrected chi connectivity index (χ4v) is 3.44. The van der Waals surface area contributed by atoms with Gasteiger partial charge in [0.15, 0.2) is 5.78 Å². The van der Waals surface area contributed by atoms with Crippen LogP contribution in [0, 0.1) is 0 Å². The maximum Gasteiger partial charge on any atom is 0.193 e. The van der Waals surface area contributed by atoms with Crippen LogP contribution < -0.4 is 0 Å². The second kappa shape index (κ2) is 8.66. The smallest absolute Gasteiger partial charge is 0.193 e. The molecule has 0 aliphatic heterocycles. The minimum absolute atomic E-state index is 0.0390. The number of aryl methyl sites for hydroxylation is 1. The average Bonchev–Trinajstić information content (AvgIpc) is 2.80. The van der Waals surface area contributed by atoms with E-state index in [1.54, 1.807) is 0 Å². The van der Waals surface area contributed by atoms with Crippen molar-refractivity contribution in [2.24, 2.45) is 0 Å². The van der Waals surface area contributed by atoms with Crippen LogP contribution in [0.25, 0.3) is 22.4 Å². The fourth-order valence-electron chi connectivity index (χ4n) is 3.44. The Balaban J connectivity index is 1.51. The van der Waals surface area contributed by atoms with Gasteiger partial charge in [-0.2, -0.15) is 0 Å². The van der Waals surface area contributed by atoms with Crippen LogP contribution in [0.4, 0.5) is 0 Å². The van der Waals surface area contributed by atoms with E-state index in [2.05, 4.69) is 42.2 Å². The molecule has 29 heavy (non-hydrogen) atoms. The quantitative estimate of drug-likeness (QED) is 0.354. The minimum Gasteiger partial charge on any atom is -0.289 e. The van der Waals surface area contributed by atoms with Crippen molar-refractivity contribution < 1.29 is 4.79 Å². The number of benzene rings is 3. The first-order valence-corrected chi connectivity index (χ1v) is 10.00. The van der Waals surface area contributed by atoms with Gasteiger partial charge in [0.1, 0.15) is 0 Å². The van der Waals surface area contributed by atoms with Crippen LogP contribution in [0.15, 0.2) is 97.2 Å². The number of hydrogen-bond donors (Lipinski definition) is 0. The van der Waals surface area contributed by atoms with Gasteiger partial charge in [0.05, 0.1) is 5.69 Å². The SMILES string of the molecule is CCCc1ccc(-c2ccc(-c3ccc(C(=O)c4ccccc4)cc3)cn2)cc1. The monoisotopic (exact) mass is 377 g/mol. The van der Waals surface area contributed by atoms with Gasteiger partial charge in [-0.25, -0.2) is 0 Å². The third-order valence-electron chi connectivity index (χ3n) is 5.07. The third-order valence-corrected chi connectivity index (χ3v) is 5.07. The van der Waals surface area contributed by atoms with Crippen LogP contribution in [0.1, 0.15) is 34.8 Å². The fraction of sp³-hybridized carbons (Fsp3) is 0.111. The Bertz CT molecular complexity index is 1080. The molecule has 0 N–H and O–H groups in total. The van der Waals surface area contributed by atoms with Gasteiger partial charge < -0.3 is 0 Å². The molecule has 0 aliphatic carbocycles. The number of rotatable bonds is 6. The van der Waals surface area contributed by atoms with Crippen LogP contribution >= 0.6 is 0 Å². The van der Waals surface area contributed by atoms with E-state index in [-0.39, 0.29) is 5.78 Å². The van der Waals surface area contributed by atoms with E-state index < -0.39 is 0 Å². The van der Waals surface area contributed by atoms with Crippen molar-refractivity contribution in [1.82, 2.24) is 4.98 Å². The second-order valence-electron chi connectivity index (χ2n) is 7.15. The molecule has 2 heteroatoms. The molecule has 4 rings (SSSR count). The highest BCUT2D eigenvalue weighted by molar-refractivity contribution is 6.09. The molecule has 0 saturated heterocycles. The lowest BCUT2D eigenvalue weighted by Crippen LogP contribution is -2.00. The number of hydrogen-bond acceptors (Lipinski definition) is 2. The Hall–Kier alpha value is -3.52. The summed E-state index contributed by atoms with van der Waals surface area (Å²) >= 11 is 0. The molecular formula is C27H23NO. The molecule has 2 nitrogen and oxygen atoms in total. The molecule has 0 unspecified atom stereocenters. The van der Waals surface area contributed by atoms with Gasteiger partial charge in [0.25, 0.3) is 0 Å². The maximum absolute atomic E-state index is 12.5. The van der Waals surface area contributed by atoms with E-state index >= 15 is 0 Å². The molecule has 0 radical (unpaired) electrons. The van der Waals surface area contributed by atoms with Gasteiger partial charge in [-0.1, -0.05) is 98.3 Å². The summed E-state index contributed by atoms with van der Waals surface area (Å²) in [6, 6.07) is 29.8. The molecule has 0 bridgehead atoms. The van der Waals surface area contributed by atoms with Gasteiger partial charge in [0, 0.05) is 28.5 Å².